The third kappa shape index (κ3) is 5.82. The first kappa shape index (κ1) is 28.6. The van der Waals surface area contributed by atoms with Crippen molar-refractivity contribution in [1.82, 2.24) is 14.5 Å². The summed E-state index contributed by atoms with van der Waals surface area (Å²) in [6.45, 7) is 3.70. The van der Waals surface area contributed by atoms with E-state index in [2.05, 4.69) is 71.3 Å². The zero-order valence-electron chi connectivity index (χ0n) is 25.0. The highest BCUT2D eigenvalue weighted by atomic mass is 35.5. The SMILES string of the molecule is CCOCCOc1ccc(-c2ccc(Cl)cc2)c(-c2ccc3cc(-c4nc5ccccc5n4C4CCCCC4)ccc3n2)c1. The van der Waals surface area contributed by atoms with Gasteiger partial charge in [0, 0.05) is 34.2 Å². The van der Waals surface area contributed by atoms with E-state index in [9.17, 15) is 0 Å². The average Bonchev–Trinajstić information content (AvgIpc) is 3.47. The Kier molecular flexibility index (Phi) is 8.32. The number of nitrogens with zero attached hydrogens (tertiary/aromatic N) is 3. The van der Waals surface area contributed by atoms with E-state index in [1.165, 1.54) is 37.6 Å². The number of fused-ring (bicyclic) bond motifs is 2. The van der Waals surface area contributed by atoms with Gasteiger partial charge < -0.3 is 14.0 Å². The van der Waals surface area contributed by atoms with Crippen LogP contribution in [0.5, 0.6) is 5.75 Å². The van der Waals surface area contributed by atoms with Crippen LogP contribution in [-0.2, 0) is 4.74 Å². The molecule has 0 aliphatic heterocycles. The van der Waals surface area contributed by atoms with Crippen molar-refractivity contribution < 1.29 is 9.47 Å². The predicted molar refractivity (Wildman–Crippen MR) is 180 cm³/mol. The fourth-order valence-electron chi connectivity index (χ4n) is 6.44. The van der Waals surface area contributed by atoms with Gasteiger partial charge in [-0.25, -0.2) is 9.97 Å². The minimum Gasteiger partial charge on any atom is -0.491 e. The molecular weight excluding hydrogens is 566 g/mol. The summed E-state index contributed by atoms with van der Waals surface area (Å²) in [7, 11) is 0. The minimum absolute atomic E-state index is 0.483. The molecule has 1 aliphatic carbocycles. The molecule has 0 radical (unpaired) electrons. The zero-order chi connectivity index (χ0) is 29.9. The molecule has 0 unspecified atom stereocenters. The lowest BCUT2D eigenvalue weighted by Crippen LogP contribution is -2.13. The monoisotopic (exact) mass is 601 g/mol. The smallest absolute Gasteiger partial charge is 0.141 e. The highest BCUT2D eigenvalue weighted by molar-refractivity contribution is 6.30. The van der Waals surface area contributed by atoms with Crippen LogP contribution in [0.1, 0.15) is 45.1 Å². The number of pyridine rings is 1. The molecule has 1 fully saturated rings. The lowest BCUT2D eigenvalue weighted by atomic mass is 9.94. The van der Waals surface area contributed by atoms with E-state index in [1.807, 2.05) is 37.3 Å². The van der Waals surface area contributed by atoms with Crippen molar-refractivity contribution in [3.8, 4) is 39.5 Å². The maximum Gasteiger partial charge on any atom is 0.141 e. The van der Waals surface area contributed by atoms with E-state index in [0.717, 1.165) is 55.9 Å². The van der Waals surface area contributed by atoms with Crippen molar-refractivity contribution in [3.05, 3.63) is 102 Å². The Bertz CT molecular complexity index is 1910. The molecule has 0 bridgehead atoms. The largest absolute Gasteiger partial charge is 0.491 e. The lowest BCUT2D eigenvalue weighted by Gasteiger charge is -2.25. The predicted octanol–water partition coefficient (Wildman–Crippen LogP) is 10.2. The molecular formula is C38H36ClN3O2. The van der Waals surface area contributed by atoms with Crippen LogP contribution >= 0.6 is 11.6 Å². The highest BCUT2D eigenvalue weighted by Gasteiger charge is 2.22. The Hall–Kier alpha value is -4.19. The quantitative estimate of drug-likeness (QED) is 0.155. The summed E-state index contributed by atoms with van der Waals surface area (Å²) in [6.07, 6.45) is 6.28. The van der Waals surface area contributed by atoms with Gasteiger partial charge in [0.15, 0.2) is 0 Å². The number of ether oxygens (including phenoxy) is 2. The standard InChI is InChI=1S/C38H36ClN3O2/c1-2-43-22-23-44-31-18-19-32(26-12-16-29(39)17-13-26)33(25-31)35-21-14-27-24-28(15-20-34(27)40-35)38-41-36-10-6-7-11-37(36)42(38)30-8-4-3-5-9-30/h6-7,10-21,24-25,30H,2-5,8-9,22-23H2,1H3. The normalized spacial score (nSPS) is 14.0. The second-order valence-electron chi connectivity index (χ2n) is 11.4. The van der Waals surface area contributed by atoms with Crippen molar-refractivity contribution in [2.75, 3.05) is 19.8 Å². The van der Waals surface area contributed by atoms with E-state index >= 15 is 0 Å². The van der Waals surface area contributed by atoms with Crippen LogP contribution in [0, 0.1) is 0 Å². The molecule has 1 saturated carbocycles. The van der Waals surface area contributed by atoms with Gasteiger partial charge in [0.2, 0.25) is 0 Å². The molecule has 2 aromatic heterocycles. The van der Waals surface area contributed by atoms with Crippen LogP contribution < -0.4 is 4.74 Å². The van der Waals surface area contributed by atoms with Crippen LogP contribution in [0.3, 0.4) is 0 Å². The average molecular weight is 602 g/mol. The van der Waals surface area contributed by atoms with E-state index < -0.39 is 0 Å². The molecule has 6 heteroatoms. The van der Waals surface area contributed by atoms with E-state index in [-0.39, 0.29) is 0 Å². The summed E-state index contributed by atoms with van der Waals surface area (Å²) in [5.74, 6) is 1.84. The number of rotatable bonds is 9. The van der Waals surface area contributed by atoms with Crippen molar-refractivity contribution in [2.24, 2.45) is 0 Å². The van der Waals surface area contributed by atoms with E-state index in [4.69, 9.17) is 31.0 Å². The summed E-state index contributed by atoms with van der Waals surface area (Å²) < 4.78 is 14.0. The fourth-order valence-corrected chi connectivity index (χ4v) is 6.57. The van der Waals surface area contributed by atoms with Gasteiger partial charge in [0.05, 0.1) is 28.9 Å². The second-order valence-corrected chi connectivity index (χ2v) is 11.9. The van der Waals surface area contributed by atoms with Crippen LogP contribution in [0.15, 0.2) is 97.1 Å². The van der Waals surface area contributed by atoms with Crippen molar-refractivity contribution in [1.29, 1.82) is 0 Å². The van der Waals surface area contributed by atoms with Gasteiger partial charge in [-0.1, -0.05) is 67.3 Å². The second kappa shape index (κ2) is 12.8. The molecule has 5 nitrogen and oxygen atoms in total. The topological polar surface area (TPSA) is 49.2 Å². The molecule has 2 heterocycles. The molecule has 222 valence electrons. The van der Waals surface area contributed by atoms with Crippen molar-refractivity contribution in [2.45, 2.75) is 45.1 Å². The Morgan fingerprint density at radius 3 is 2.41 bits per heavy atom. The Morgan fingerprint density at radius 1 is 0.750 bits per heavy atom. The van der Waals surface area contributed by atoms with E-state index in [1.54, 1.807) is 0 Å². The highest BCUT2D eigenvalue weighted by Crippen LogP contribution is 2.38. The molecule has 0 spiro atoms. The molecule has 6 aromatic rings. The summed E-state index contributed by atoms with van der Waals surface area (Å²) in [4.78, 5) is 10.3. The Morgan fingerprint density at radius 2 is 1.57 bits per heavy atom. The minimum atomic E-state index is 0.483. The summed E-state index contributed by atoms with van der Waals surface area (Å²) >= 11 is 6.21. The van der Waals surface area contributed by atoms with Crippen LogP contribution in [0.25, 0.3) is 55.7 Å². The molecule has 4 aromatic carbocycles. The van der Waals surface area contributed by atoms with Gasteiger partial charge in [0.1, 0.15) is 18.2 Å². The number of aromatic nitrogens is 3. The van der Waals surface area contributed by atoms with Gasteiger partial charge in [-0.2, -0.15) is 0 Å². The molecule has 0 amide bonds. The van der Waals surface area contributed by atoms with Gasteiger partial charge in [0.25, 0.3) is 0 Å². The molecule has 0 N–H and O–H groups in total. The number of imidazole rings is 1. The summed E-state index contributed by atoms with van der Waals surface area (Å²) in [6, 6.07) is 33.9. The molecule has 0 atom stereocenters. The third-order valence-corrected chi connectivity index (χ3v) is 8.86. The van der Waals surface area contributed by atoms with Gasteiger partial charge >= 0.3 is 0 Å². The first-order valence-electron chi connectivity index (χ1n) is 15.7. The van der Waals surface area contributed by atoms with Crippen LogP contribution in [0.2, 0.25) is 5.02 Å². The van der Waals surface area contributed by atoms with Crippen LogP contribution in [-0.4, -0.2) is 34.4 Å². The van der Waals surface area contributed by atoms with Crippen molar-refractivity contribution in [3.63, 3.8) is 0 Å². The van der Waals surface area contributed by atoms with Gasteiger partial charge in [-0.3, -0.25) is 0 Å². The molecule has 7 rings (SSSR count). The number of hydrogen-bond donors (Lipinski definition) is 0. The zero-order valence-corrected chi connectivity index (χ0v) is 25.8. The number of para-hydroxylation sites is 2. The number of halogens is 1. The van der Waals surface area contributed by atoms with Crippen LogP contribution in [0.4, 0.5) is 0 Å². The summed E-state index contributed by atoms with van der Waals surface area (Å²) in [5.41, 5.74) is 8.39. The third-order valence-electron chi connectivity index (χ3n) is 8.61. The van der Waals surface area contributed by atoms with Gasteiger partial charge in [-0.15, -0.1) is 0 Å². The summed E-state index contributed by atoms with van der Waals surface area (Å²) in [5, 5.41) is 1.80. The number of hydrogen-bond acceptors (Lipinski definition) is 4. The Balaban J connectivity index is 1.28. The fraction of sp³-hybridized carbons (Fsp3) is 0.263. The lowest BCUT2D eigenvalue weighted by molar-refractivity contribution is 0.110. The maximum atomic E-state index is 6.21. The first-order valence-corrected chi connectivity index (χ1v) is 16.0. The Labute approximate surface area is 263 Å². The van der Waals surface area contributed by atoms with Crippen molar-refractivity contribution >= 4 is 33.5 Å². The van der Waals surface area contributed by atoms with E-state index in [0.29, 0.717) is 30.9 Å². The molecule has 44 heavy (non-hydrogen) atoms. The number of benzene rings is 4. The molecule has 0 saturated heterocycles. The molecule has 1 aliphatic rings. The van der Waals surface area contributed by atoms with Gasteiger partial charge in [-0.05, 0) is 91.6 Å². The maximum absolute atomic E-state index is 6.21. The first-order chi connectivity index (χ1) is 21.7.